The molecule has 0 saturated heterocycles. The first-order chi connectivity index (χ1) is 17.5. The van der Waals surface area contributed by atoms with E-state index in [-0.39, 0.29) is 28.7 Å². The van der Waals surface area contributed by atoms with E-state index in [9.17, 15) is 27.2 Å². The summed E-state index contributed by atoms with van der Waals surface area (Å²) >= 11 is 6.38. The van der Waals surface area contributed by atoms with Gasteiger partial charge in [-0.2, -0.15) is 18.3 Å². The van der Waals surface area contributed by atoms with E-state index in [1.54, 1.807) is 18.3 Å². The lowest BCUT2D eigenvalue weighted by Crippen LogP contribution is -2.43. The zero-order valence-electron chi connectivity index (χ0n) is 18.6. The van der Waals surface area contributed by atoms with Gasteiger partial charge in [0.15, 0.2) is 11.6 Å². The number of amides is 2. The number of alkyl halides is 4. The van der Waals surface area contributed by atoms with Gasteiger partial charge < -0.3 is 9.72 Å². The highest BCUT2D eigenvalue weighted by molar-refractivity contribution is 6.36. The number of carbonyl (C=O) groups is 2. The Hall–Kier alpha value is -3.74. The molecule has 4 aromatic rings. The minimum absolute atomic E-state index is 0.106. The average molecular weight is 539 g/mol. The van der Waals surface area contributed by atoms with Gasteiger partial charge in [0.2, 0.25) is 5.91 Å². The van der Waals surface area contributed by atoms with Crippen LogP contribution in [0.3, 0.4) is 0 Å². The Morgan fingerprint density at radius 1 is 1.22 bits per heavy atom. The lowest BCUT2D eigenvalue weighted by Gasteiger charge is -2.25. The topological polar surface area (TPSA) is 95.4 Å². The van der Waals surface area contributed by atoms with Crippen LogP contribution in [0.1, 0.15) is 19.3 Å². The van der Waals surface area contributed by atoms with Gasteiger partial charge in [-0.15, -0.1) is 0 Å². The fourth-order valence-electron chi connectivity index (χ4n) is 4.38. The summed E-state index contributed by atoms with van der Waals surface area (Å²) in [6.45, 7) is 0. The molecule has 37 heavy (non-hydrogen) atoms. The molecule has 3 heterocycles. The molecule has 6 rings (SSSR count). The SMILES string of the molecule is O=C(Nc1cn2cc(-c3c(Cl)c(F)c(N(C(=O)C(F)(F)F)C4CC4)c4[nH]ncc34)ccc2n1)[C@@H]1C[C@@H]1F. The summed E-state index contributed by atoms with van der Waals surface area (Å²) in [4.78, 5) is 28.9. The summed E-state index contributed by atoms with van der Waals surface area (Å²) in [5.74, 6) is -4.37. The van der Waals surface area contributed by atoms with Gasteiger partial charge in [-0.25, -0.2) is 13.8 Å². The molecule has 192 valence electrons. The van der Waals surface area contributed by atoms with E-state index in [1.807, 2.05) is 0 Å². The second kappa shape index (κ2) is 8.13. The second-order valence-electron chi connectivity index (χ2n) is 9.07. The van der Waals surface area contributed by atoms with Crippen LogP contribution in [-0.2, 0) is 9.59 Å². The predicted molar refractivity (Wildman–Crippen MR) is 123 cm³/mol. The molecule has 0 aliphatic heterocycles. The summed E-state index contributed by atoms with van der Waals surface area (Å²) in [6.07, 6.45) is -1.32. The van der Waals surface area contributed by atoms with Gasteiger partial charge in [0, 0.05) is 28.8 Å². The number of hydrogen-bond donors (Lipinski definition) is 2. The molecule has 8 nitrogen and oxygen atoms in total. The van der Waals surface area contributed by atoms with Crippen LogP contribution in [0.15, 0.2) is 30.7 Å². The summed E-state index contributed by atoms with van der Waals surface area (Å²) in [6, 6.07) is 2.33. The van der Waals surface area contributed by atoms with Crippen LogP contribution in [0.4, 0.5) is 33.5 Å². The number of anilines is 2. The highest BCUT2D eigenvalue weighted by Crippen LogP contribution is 2.46. The molecule has 2 atom stereocenters. The lowest BCUT2D eigenvalue weighted by molar-refractivity contribution is -0.170. The van der Waals surface area contributed by atoms with Gasteiger partial charge in [0.1, 0.15) is 17.5 Å². The number of H-pyrrole nitrogens is 1. The fourth-order valence-corrected chi connectivity index (χ4v) is 4.68. The Morgan fingerprint density at radius 2 is 1.95 bits per heavy atom. The average Bonchev–Trinajstić information content (AvgIpc) is 3.72. The van der Waals surface area contributed by atoms with Crippen LogP contribution < -0.4 is 10.2 Å². The largest absolute Gasteiger partial charge is 0.471 e. The molecule has 0 unspecified atom stereocenters. The highest BCUT2D eigenvalue weighted by Gasteiger charge is 2.49. The number of rotatable bonds is 5. The number of nitrogens with one attached hydrogen (secondary N) is 2. The van der Waals surface area contributed by atoms with E-state index in [0.717, 1.165) is 0 Å². The van der Waals surface area contributed by atoms with E-state index < -0.39 is 52.6 Å². The molecule has 0 radical (unpaired) electrons. The predicted octanol–water partition coefficient (Wildman–Crippen LogP) is 5.02. The van der Waals surface area contributed by atoms with Crippen LogP contribution in [0.25, 0.3) is 27.7 Å². The van der Waals surface area contributed by atoms with Crippen molar-refractivity contribution in [1.29, 1.82) is 0 Å². The third-order valence-corrected chi connectivity index (χ3v) is 6.78. The van der Waals surface area contributed by atoms with Crippen molar-refractivity contribution in [3.8, 4) is 11.1 Å². The van der Waals surface area contributed by atoms with Crippen molar-refractivity contribution in [1.82, 2.24) is 19.6 Å². The van der Waals surface area contributed by atoms with E-state index in [2.05, 4.69) is 20.5 Å². The van der Waals surface area contributed by atoms with Gasteiger partial charge >= 0.3 is 12.1 Å². The molecule has 14 heteroatoms. The minimum atomic E-state index is -5.21. The number of nitrogens with zero attached hydrogens (tertiary/aromatic N) is 4. The number of aromatic amines is 1. The van der Waals surface area contributed by atoms with Crippen LogP contribution in [-0.4, -0.2) is 49.8 Å². The smallest absolute Gasteiger partial charge is 0.309 e. The Labute approximate surface area is 209 Å². The molecule has 2 amide bonds. The van der Waals surface area contributed by atoms with Gasteiger partial charge in [0.25, 0.3) is 0 Å². The van der Waals surface area contributed by atoms with Crippen LogP contribution in [0, 0.1) is 11.7 Å². The van der Waals surface area contributed by atoms with Crippen molar-refractivity contribution in [2.24, 2.45) is 5.92 Å². The maximum atomic E-state index is 15.7. The quantitative estimate of drug-likeness (QED) is 0.349. The summed E-state index contributed by atoms with van der Waals surface area (Å²) in [5.41, 5.74) is 0.215. The zero-order valence-corrected chi connectivity index (χ0v) is 19.4. The van der Waals surface area contributed by atoms with Crippen molar-refractivity contribution in [3.05, 3.63) is 41.6 Å². The Bertz CT molecular complexity index is 1590. The second-order valence-corrected chi connectivity index (χ2v) is 9.45. The summed E-state index contributed by atoms with van der Waals surface area (Å²) in [7, 11) is 0. The molecule has 2 aliphatic rings. The number of hydrogen-bond acceptors (Lipinski definition) is 4. The highest BCUT2D eigenvalue weighted by atomic mass is 35.5. The van der Waals surface area contributed by atoms with Crippen LogP contribution >= 0.6 is 11.6 Å². The third-order valence-electron chi connectivity index (χ3n) is 6.42. The van der Waals surface area contributed by atoms with Crippen molar-refractivity contribution in [3.63, 3.8) is 0 Å². The zero-order chi connectivity index (χ0) is 26.2. The molecule has 2 N–H and O–H groups in total. The molecular weight excluding hydrogens is 523 g/mol. The van der Waals surface area contributed by atoms with Crippen molar-refractivity contribution >= 4 is 51.5 Å². The fraction of sp³-hybridized carbons (Fsp3) is 0.304. The first-order valence-electron chi connectivity index (χ1n) is 11.2. The molecular formula is C23H16ClF5N6O2. The maximum Gasteiger partial charge on any atom is 0.471 e. The maximum absolute atomic E-state index is 15.7. The number of aromatic nitrogens is 4. The molecule has 1 aromatic carbocycles. The van der Waals surface area contributed by atoms with E-state index in [4.69, 9.17) is 11.6 Å². The van der Waals surface area contributed by atoms with Crippen molar-refractivity contribution in [2.45, 2.75) is 37.7 Å². The summed E-state index contributed by atoms with van der Waals surface area (Å²) in [5, 5.41) is 8.65. The van der Waals surface area contributed by atoms with E-state index in [1.165, 1.54) is 16.8 Å². The third kappa shape index (κ3) is 3.97. The number of fused-ring (bicyclic) bond motifs is 2. The number of imidazole rings is 1. The Balaban J connectivity index is 1.44. The number of pyridine rings is 1. The van der Waals surface area contributed by atoms with Gasteiger partial charge in [-0.1, -0.05) is 11.6 Å². The van der Waals surface area contributed by atoms with Crippen molar-refractivity contribution < 1.29 is 31.5 Å². The van der Waals surface area contributed by atoms with Crippen molar-refractivity contribution in [2.75, 3.05) is 10.2 Å². The van der Waals surface area contributed by atoms with Crippen LogP contribution in [0.5, 0.6) is 0 Å². The molecule has 2 saturated carbocycles. The van der Waals surface area contributed by atoms with Crippen LogP contribution in [0.2, 0.25) is 5.02 Å². The molecule has 2 aliphatic carbocycles. The Morgan fingerprint density at radius 3 is 2.59 bits per heavy atom. The number of halogens is 6. The number of benzene rings is 1. The first kappa shape index (κ1) is 23.6. The molecule has 3 aromatic heterocycles. The monoisotopic (exact) mass is 538 g/mol. The summed E-state index contributed by atoms with van der Waals surface area (Å²) < 4.78 is 70.4. The number of carbonyl (C=O) groups excluding carboxylic acids is 2. The Kier molecular flexibility index (Phi) is 5.20. The molecule has 0 spiro atoms. The van der Waals surface area contributed by atoms with Gasteiger partial charge in [-0.3, -0.25) is 19.6 Å². The standard InChI is InChI=1S/C23H16ClF5N6O2/c24-17-16(9-1-4-15-31-14(8-34(15)7-9)32-21(36)11-5-13(11)25)12-6-30-33-19(12)20(18(17)26)35(10-2-3-10)22(37)23(27,28)29/h1,4,6-8,10-11,13H,2-3,5H2,(H,30,33)(H,32,36)/t11-,13+/m1/s1. The normalized spacial score (nSPS) is 19.4. The first-order valence-corrected chi connectivity index (χ1v) is 11.6. The van der Waals surface area contributed by atoms with E-state index >= 15 is 4.39 Å². The van der Waals surface area contributed by atoms with Gasteiger partial charge in [-0.05, 0) is 31.4 Å². The van der Waals surface area contributed by atoms with E-state index in [0.29, 0.717) is 29.0 Å². The molecule has 0 bridgehead atoms. The minimum Gasteiger partial charge on any atom is -0.309 e. The van der Waals surface area contributed by atoms with Gasteiger partial charge in [0.05, 0.1) is 28.9 Å². The molecule has 2 fully saturated rings. The lowest BCUT2D eigenvalue weighted by atomic mass is 10.0.